The number of aromatic nitrogens is 2. The molecule has 3 N–H and O–H groups in total. The molecule has 0 fully saturated rings. The molecule has 0 aliphatic rings. The molecule has 0 spiro atoms. The average molecular weight is 254 g/mol. The molecule has 0 atom stereocenters. The molecule has 0 aliphatic heterocycles. The molecule has 1 heterocycles. The highest BCUT2D eigenvalue weighted by Gasteiger charge is 2.11. The van der Waals surface area contributed by atoms with E-state index in [1.54, 1.807) is 6.07 Å². The number of rotatable bonds is 2. The highest BCUT2D eigenvalue weighted by molar-refractivity contribution is 5.96. The first kappa shape index (κ1) is 11.5. The zero-order valence-electron chi connectivity index (χ0n) is 10.8. The monoisotopic (exact) mass is 254 g/mol. The number of nitrogens with one attached hydrogen (secondary N) is 1. The minimum atomic E-state index is 0.558. The number of aryl methyl sites for hydroxylation is 1. The lowest BCUT2D eigenvalue weighted by atomic mass is 10.1. The molecule has 5 heteroatoms. The van der Waals surface area contributed by atoms with Gasteiger partial charge in [0.15, 0.2) is 11.0 Å². The van der Waals surface area contributed by atoms with Crippen molar-refractivity contribution in [2.75, 3.05) is 11.1 Å². The summed E-state index contributed by atoms with van der Waals surface area (Å²) in [6.45, 7) is 4.16. The van der Waals surface area contributed by atoms with Crippen molar-refractivity contribution in [2.45, 2.75) is 13.8 Å². The number of benzene rings is 2. The third-order valence-corrected chi connectivity index (χ3v) is 3.32. The Bertz CT molecular complexity index is 748. The first-order chi connectivity index (χ1) is 9.16. The van der Waals surface area contributed by atoms with Crippen LogP contribution in [0.4, 0.5) is 17.1 Å². The van der Waals surface area contributed by atoms with Gasteiger partial charge >= 0.3 is 0 Å². The van der Waals surface area contributed by atoms with Gasteiger partial charge in [0.2, 0.25) is 0 Å². The second kappa shape index (κ2) is 4.28. The molecule has 1 aromatic heterocycles. The Kier molecular flexibility index (Phi) is 2.59. The van der Waals surface area contributed by atoms with E-state index in [4.69, 9.17) is 10.4 Å². The largest absolute Gasteiger partial charge is 0.397 e. The third kappa shape index (κ3) is 1.89. The molecule has 2 aromatic carbocycles. The van der Waals surface area contributed by atoms with Crippen LogP contribution in [0.5, 0.6) is 0 Å². The quantitative estimate of drug-likeness (QED) is 0.687. The van der Waals surface area contributed by atoms with Crippen LogP contribution in [-0.2, 0) is 0 Å². The minimum Gasteiger partial charge on any atom is -0.397 e. The predicted molar refractivity (Wildman–Crippen MR) is 75.4 cm³/mol. The number of anilines is 3. The summed E-state index contributed by atoms with van der Waals surface area (Å²) in [4.78, 5) is 0. The number of hydrogen-bond donors (Lipinski definition) is 2. The van der Waals surface area contributed by atoms with Gasteiger partial charge in [-0.15, -0.1) is 0 Å². The average Bonchev–Trinajstić information content (AvgIpc) is 2.88. The maximum atomic E-state index is 5.83. The van der Waals surface area contributed by atoms with E-state index in [1.807, 2.05) is 18.2 Å². The van der Waals surface area contributed by atoms with Gasteiger partial charge in [0, 0.05) is 5.69 Å². The molecule has 0 unspecified atom stereocenters. The molecule has 96 valence electrons. The van der Waals surface area contributed by atoms with Gasteiger partial charge in [0.05, 0.1) is 11.4 Å². The van der Waals surface area contributed by atoms with Crippen molar-refractivity contribution in [3.8, 4) is 0 Å². The van der Waals surface area contributed by atoms with Crippen LogP contribution in [0, 0.1) is 13.8 Å². The lowest BCUT2D eigenvalue weighted by Gasteiger charge is -2.11. The number of nitrogens with two attached hydrogens (primary N) is 1. The van der Waals surface area contributed by atoms with Crippen molar-refractivity contribution in [3.05, 3.63) is 41.5 Å². The summed E-state index contributed by atoms with van der Waals surface area (Å²) < 4.78 is 4.76. The highest BCUT2D eigenvalue weighted by atomic mass is 16.6. The minimum absolute atomic E-state index is 0.558. The Balaban J connectivity index is 2.09. The SMILES string of the molecule is Cc1cccc(Nc2ccc(N)c3nonc23)c1C. The first-order valence-electron chi connectivity index (χ1n) is 6.01. The van der Waals surface area contributed by atoms with Crippen molar-refractivity contribution in [3.63, 3.8) is 0 Å². The molecular formula is C14H14N4O. The van der Waals surface area contributed by atoms with Gasteiger partial charge in [0.25, 0.3) is 0 Å². The van der Waals surface area contributed by atoms with Gasteiger partial charge in [0.1, 0.15) is 0 Å². The normalized spacial score (nSPS) is 10.8. The van der Waals surface area contributed by atoms with E-state index in [0.29, 0.717) is 16.7 Å². The molecule has 3 rings (SSSR count). The van der Waals surface area contributed by atoms with Crippen LogP contribution >= 0.6 is 0 Å². The summed E-state index contributed by atoms with van der Waals surface area (Å²) in [6.07, 6.45) is 0. The first-order valence-corrected chi connectivity index (χ1v) is 6.01. The van der Waals surface area contributed by atoms with Crippen LogP contribution in [0.25, 0.3) is 11.0 Å². The van der Waals surface area contributed by atoms with Gasteiger partial charge in [-0.2, -0.15) is 0 Å². The van der Waals surface area contributed by atoms with E-state index in [-0.39, 0.29) is 0 Å². The Morgan fingerprint density at radius 3 is 2.63 bits per heavy atom. The lowest BCUT2D eigenvalue weighted by molar-refractivity contribution is 0.316. The number of nitrogen functional groups attached to an aromatic ring is 1. The van der Waals surface area contributed by atoms with Crippen molar-refractivity contribution < 1.29 is 4.63 Å². The third-order valence-electron chi connectivity index (χ3n) is 3.32. The van der Waals surface area contributed by atoms with E-state index < -0.39 is 0 Å². The van der Waals surface area contributed by atoms with Gasteiger partial charge in [-0.3, -0.25) is 0 Å². The number of hydrogen-bond acceptors (Lipinski definition) is 5. The summed E-state index contributed by atoms with van der Waals surface area (Å²) in [7, 11) is 0. The molecule has 3 aromatic rings. The summed E-state index contributed by atoms with van der Waals surface area (Å²) >= 11 is 0. The standard InChI is InChI=1S/C14H14N4O/c1-8-4-3-5-11(9(8)2)16-12-7-6-10(15)13-14(12)18-19-17-13/h3-7,16H,15H2,1-2H3. The Labute approximate surface area is 110 Å². The summed E-state index contributed by atoms with van der Waals surface area (Å²) in [6, 6.07) is 9.79. The zero-order chi connectivity index (χ0) is 13.4. The second-order valence-electron chi connectivity index (χ2n) is 4.54. The molecule has 0 radical (unpaired) electrons. The van der Waals surface area contributed by atoms with Gasteiger partial charge in [-0.25, -0.2) is 4.63 Å². The maximum absolute atomic E-state index is 5.83. The molecule has 0 saturated heterocycles. The van der Waals surface area contributed by atoms with E-state index in [1.165, 1.54) is 11.1 Å². The van der Waals surface area contributed by atoms with E-state index >= 15 is 0 Å². The van der Waals surface area contributed by atoms with Gasteiger partial charge < -0.3 is 11.1 Å². The van der Waals surface area contributed by atoms with Crippen molar-refractivity contribution in [1.29, 1.82) is 0 Å². The lowest BCUT2D eigenvalue weighted by Crippen LogP contribution is -1.97. The van der Waals surface area contributed by atoms with Crippen LogP contribution in [0.15, 0.2) is 35.0 Å². The Hall–Kier alpha value is -2.56. The predicted octanol–water partition coefficient (Wildman–Crippen LogP) is 3.17. The summed E-state index contributed by atoms with van der Waals surface area (Å²) in [5.41, 5.74) is 11.9. The van der Waals surface area contributed by atoms with Gasteiger partial charge in [-0.1, -0.05) is 12.1 Å². The molecule has 0 saturated carbocycles. The van der Waals surface area contributed by atoms with Crippen LogP contribution in [0.2, 0.25) is 0 Å². The number of nitrogens with zero attached hydrogens (tertiary/aromatic N) is 2. The fraction of sp³-hybridized carbons (Fsp3) is 0.143. The molecule has 19 heavy (non-hydrogen) atoms. The van der Waals surface area contributed by atoms with Crippen molar-refractivity contribution in [1.82, 2.24) is 10.3 Å². The second-order valence-corrected chi connectivity index (χ2v) is 4.54. The number of fused-ring (bicyclic) bond motifs is 1. The maximum Gasteiger partial charge on any atom is 0.160 e. The Morgan fingerprint density at radius 1 is 1.00 bits per heavy atom. The Morgan fingerprint density at radius 2 is 1.79 bits per heavy atom. The van der Waals surface area contributed by atoms with Crippen LogP contribution in [-0.4, -0.2) is 10.3 Å². The molecule has 5 nitrogen and oxygen atoms in total. The van der Waals surface area contributed by atoms with Crippen molar-refractivity contribution in [2.24, 2.45) is 0 Å². The fourth-order valence-corrected chi connectivity index (χ4v) is 2.02. The molecule has 0 aliphatic carbocycles. The topological polar surface area (TPSA) is 77.0 Å². The molecular weight excluding hydrogens is 240 g/mol. The van der Waals surface area contributed by atoms with E-state index in [9.17, 15) is 0 Å². The van der Waals surface area contributed by atoms with Crippen molar-refractivity contribution >= 4 is 28.1 Å². The summed E-state index contributed by atoms with van der Waals surface area (Å²) in [5, 5.41) is 11.1. The van der Waals surface area contributed by atoms with Crippen LogP contribution in [0.3, 0.4) is 0 Å². The van der Waals surface area contributed by atoms with E-state index in [0.717, 1.165) is 11.4 Å². The molecule has 0 amide bonds. The van der Waals surface area contributed by atoms with Gasteiger partial charge in [-0.05, 0) is 53.5 Å². The molecule has 0 bridgehead atoms. The summed E-state index contributed by atoms with van der Waals surface area (Å²) in [5.74, 6) is 0. The zero-order valence-corrected chi connectivity index (χ0v) is 10.8. The fourth-order valence-electron chi connectivity index (χ4n) is 2.02. The van der Waals surface area contributed by atoms with E-state index in [2.05, 4.69) is 35.5 Å². The van der Waals surface area contributed by atoms with Crippen LogP contribution < -0.4 is 11.1 Å². The van der Waals surface area contributed by atoms with Crippen LogP contribution in [0.1, 0.15) is 11.1 Å². The highest BCUT2D eigenvalue weighted by Crippen LogP contribution is 2.29. The smallest absolute Gasteiger partial charge is 0.160 e.